The van der Waals surface area contributed by atoms with E-state index < -0.39 is 20.0 Å². The van der Waals surface area contributed by atoms with Crippen LogP contribution in [0.25, 0.3) is 0 Å². The van der Waals surface area contributed by atoms with Crippen molar-refractivity contribution in [2.45, 2.75) is 65.2 Å². The standard InChI is InChI=1S/C36H40N4O6S2/c1-9-37-47(43,44)35-21(5)17-19(3)31(23(35)7)39-27-15-16-28(30-29(27)33(41)25-13-11-12-14-26(25)34(30)42)40-32-20(4)18-22(6)36(24(32)8)48(45,46)38-10-2/h11-18,37-40H,9-10H2,1-8H3. The molecule has 4 aromatic carbocycles. The number of benzene rings is 4. The Morgan fingerprint density at radius 2 is 0.896 bits per heavy atom. The number of sulfonamides is 2. The molecule has 0 saturated carbocycles. The molecule has 0 bridgehead atoms. The number of fused-ring (bicyclic) bond motifs is 2. The van der Waals surface area contributed by atoms with E-state index in [1.54, 1.807) is 90.1 Å². The van der Waals surface area contributed by atoms with Gasteiger partial charge in [-0.2, -0.15) is 0 Å². The summed E-state index contributed by atoms with van der Waals surface area (Å²) < 4.78 is 57.9. The number of rotatable bonds is 10. The number of nitrogens with one attached hydrogen (secondary N) is 4. The highest BCUT2D eigenvalue weighted by atomic mass is 32.2. The Morgan fingerprint density at radius 3 is 1.23 bits per heavy atom. The Morgan fingerprint density at radius 1 is 0.542 bits per heavy atom. The monoisotopic (exact) mass is 688 g/mol. The van der Waals surface area contributed by atoms with E-state index >= 15 is 0 Å². The van der Waals surface area contributed by atoms with Gasteiger partial charge in [-0.1, -0.05) is 50.2 Å². The van der Waals surface area contributed by atoms with Crippen molar-refractivity contribution in [3.63, 3.8) is 0 Å². The van der Waals surface area contributed by atoms with Gasteiger partial charge in [-0.25, -0.2) is 26.3 Å². The van der Waals surface area contributed by atoms with Gasteiger partial charge in [0.25, 0.3) is 0 Å². The van der Waals surface area contributed by atoms with E-state index in [4.69, 9.17) is 0 Å². The summed E-state index contributed by atoms with van der Waals surface area (Å²) in [4.78, 5) is 28.7. The summed E-state index contributed by atoms with van der Waals surface area (Å²) in [6, 6.07) is 13.5. The molecule has 0 amide bonds. The molecule has 0 unspecified atom stereocenters. The lowest BCUT2D eigenvalue weighted by atomic mass is 9.82. The molecule has 0 heterocycles. The summed E-state index contributed by atoms with van der Waals surface area (Å²) >= 11 is 0. The number of ketones is 2. The topological polar surface area (TPSA) is 151 Å². The van der Waals surface area contributed by atoms with Crippen LogP contribution in [-0.4, -0.2) is 41.5 Å². The number of hydrogen-bond acceptors (Lipinski definition) is 8. The van der Waals surface area contributed by atoms with Crippen molar-refractivity contribution in [1.29, 1.82) is 0 Å². The van der Waals surface area contributed by atoms with E-state index in [2.05, 4.69) is 20.1 Å². The van der Waals surface area contributed by atoms with Crippen LogP contribution in [0.3, 0.4) is 0 Å². The quantitative estimate of drug-likeness (QED) is 0.132. The summed E-state index contributed by atoms with van der Waals surface area (Å²) in [5, 5.41) is 6.63. The Kier molecular flexibility index (Phi) is 9.41. The predicted octanol–water partition coefficient (Wildman–Crippen LogP) is 6.40. The molecule has 0 saturated heterocycles. The van der Waals surface area contributed by atoms with Gasteiger partial charge in [-0.05, 0) is 87.1 Å². The number of aryl methyl sites for hydroxylation is 4. The minimum atomic E-state index is -3.82. The van der Waals surface area contributed by atoms with Gasteiger partial charge in [0, 0.05) is 35.6 Å². The fourth-order valence-corrected chi connectivity index (χ4v) is 9.80. The molecule has 0 aromatic heterocycles. The van der Waals surface area contributed by atoms with Crippen LogP contribution < -0.4 is 20.1 Å². The molecule has 4 N–H and O–H groups in total. The van der Waals surface area contributed by atoms with Gasteiger partial charge in [-0.15, -0.1) is 0 Å². The zero-order valence-corrected chi connectivity index (χ0v) is 29.9. The zero-order valence-electron chi connectivity index (χ0n) is 28.3. The summed E-state index contributed by atoms with van der Waals surface area (Å²) in [7, 11) is -7.64. The van der Waals surface area contributed by atoms with Crippen LogP contribution in [-0.2, 0) is 20.0 Å². The molecule has 12 heteroatoms. The van der Waals surface area contributed by atoms with E-state index in [-0.39, 0.29) is 56.7 Å². The van der Waals surface area contributed by atoms with E-state index in [0.717, 1.165) is 11.1 Å². The maximum absolute atomic E-state index is 14.2. The maximum Gasteiger partial charge on any atom is 0.241 e. The fraction of sp³-hybridized carbons (Fsp3) is 0.278. The molecule has 0 radical (unpaired) electrons. The third-order valence-electron chi connectivity index (χ3n) is 8.60. The van der Waals surface area contributed by atoms with Gasteiger partial charge < -0.3 is 10.6 Å². The molecule has 0 fully saturated rings. The summed E-state index contributed by atoms with van der Waals surface area (Å²) in [6.45, 7) is 14.4. The van der Waals surface area contributed by atoms with Crippen molar-refractivity contribution in [2.75, 3.05) is 23.7 Å². The number of carbonyl (C=O) groups is 2. The lowest BCUT2D eigenvalue weighted by molar-refractivity contribution is 0.0980. The normalized spacial score (nSPS) is 12.9. The first-order chi connectivity index (χ1) is 22.5. The van der Waals surface area contributed by atoms with Gasteiger partial charge in [-0.3, -0.25) is 9.59 Å². The highest BCUT2D eigenvalue weighted by Gasteiger charge is 2.35. The average molecular weight is 689 g/mol. The maximum atomic E-state index is 14.2. The van der Waals surface area contributed by atoms with Crippen LogP contribution >= 0.6 is 0 Å². The van der Waals surface area contributed by atoms with Crippen LogP contribution in [0.15, 0.2) is 58.3 Å². The first-order valence-corrected chi connectivity index (χ1v) is 18.6. The second kappa shape index (κ2) is 12.9. The minimum Gasteiger partial charge on any atom is -0.354 e. The van der Waals surface area contributed by atoms with Gasteiger partial charge in [0.2, 0.25) is 20.0 Å². The lowest BCUT2D eigenvalue weighted by Gasteiger charge is -2.26. The van der Waals surface area contributed by atoms with Crippen LogP contribution in [0.1, 0.15) is 79.1 Å². The Labute approximate surface area is 282 Å². The van der Waals surface area contributed by atoms with Crippen LogP contribution in [0.4, 0.5) is 22.7 Å². The minimum absolute atomic E-state index is 0.127. The second-order valence-electron chi connectivity index (χ2n) is 12.0. The van der Waals surface area contributed by atoms with Gasteiger partial charge in [0.05, 0.1) is 32.3 Å². The number of hydrogen-bond donors (Lipinski definition) is 4. The number of carbonyl (C=O) groups excluding carboxylic acids is 2. The van der Waals surface area contributed by atoms with Crippen molar-refractivity contribution in [3.8, 4) is 0 Å². The van der Waals surface area contributed by atoms with Crippen molar-refractivity contribution >= 4 is 54.4 Å². The first-order valence-electron chi connectivity index (χ1n) is 15.7. The molecule has 1 aliphatic rings. The molecular formula is C36H40N4O6S2. The molecule has 252 valence electrons. The fourth-order valence-electron chi connectivity index (χ4n) is 6.77. The molecule has 0 aliphatic heterocycles. The highest BCUT2D eigenvalue weighted by Crippen LogP contribution is 2.42. The summed E-state index contributed by atoms with van der Waals surface area (Å²) in [5.74, 6) is -0.746. The zero-order chi connectivity index (χ0) is 35.3. The van der Waals surface area contributed by atoms with E-state index in [9.17, 15) is 26.4 Å². The molecule has 4 aromatic rings. The van der Waals surface area contributed by atoms with Crippen molar-refractivity contribution in [3.05, 3.63) is 104 Å². The van der Waals surface area contributed by atoms with Gasteiger partial charge >= 0.3 is 0 Å². The Hall–Kier alpha value is -4.36. The van der Waals surface area contributed by atoms with Crippen LogP contribution in [0.2, 0.25) is 0 Å². The van der Waals surface area contributed by atoms with Crippen LogP contribution in [0, 0.1) is 41.5 Å². The molecule has 10 nitrogen and oxygen atoms in total. The average Bonchev–Trinajstić information content (AvgIpc) is 2.99. The summed E-state index contributed by atoms with van der Waals surface area (Å²) in [6.07, 6.45) is 0. The smallest absolute Gasteiger partial charge is 0.241 e. The molecule has 48 heavy (non-hydrogen) atoms. The molecule has 0 spiro atoms. The van der Waals surface area contributed by atoms with Crippen LogP contribution in [0.5, 0.6) is 0 Å². The lowest BCUT2D eigenvalue weighted by Crippen LogP contribution is -2.26. The largest absolute Gasteiger partial charge is 0.354 e. The Balaban J connectivity index is 1.73. The Bertz CT molecular complexity index is 2090. The highest BCUT2D eigenvalue weighted by molar-refractivity contribution is 7.90. The van der Waals surface area contributed by atoms with Crippen molar-refractivity contribution < 1.29 is 26.4 Å². The van der Waals surface area contributed by atoms with Crippen molar-refractivity contribution in [1.82, 2.24) is 9.44 Å². The molecule has 1 aliphatic carbocycles. The third kappa shape index (κ3) is 5.94. The van der Waals surface area contributed by atoms with E-state index in [1.165, 1.54) is 0 Å². The second-order valence-corrected chi connectivity index (χ2v) is 15.5. The molecular weight excluding hydrogens is 649 g/mol. The van der Waals surface area contributed by atoms with E-state index in [1.807, 2.05) is 13.8 Å². The van der Waals surface area contributed by atoms with E-state index in [0.29, 0.717) is 45.0 Å². The van der Waals surface area contributed by atoms with Crippen molar-refractivity contribution in [2.24, 2.45) is 0 Å². The van der Waals surface area contributed by atoms with Gasteiger partial charge in [0.1, 0.15) is 0 Å². The molecule has 0 atom stereocenters. The summed E-state index contributed by atoms with van der Waals surface area (Å²) in [5.41, 5.74) is 6.05. The predicted molar refractivity (Wildman–Crippen MR) is 189 cm³/mol. The van der Waals surface area contributed by atoms with Gasteiger partial charge in [0.15, 0.2) is 11.6 Å². The molecule has 5 rings (SSSR count). The third-order valence-corrected chi connectivity index (χ3v) is 12.3. The number of anilines is 4. The first kappa shape index (κ1) is 35.0. The SMILES string of the molecule is CCNS(=O)(=O)c1c(C)cc(C)c(Nc2ccc(Nc3c(C)cc(C)c(S(=O)(=O)NCC)c3C)c3c2C(=O)c2ccccc2C3=O)c1C.